The number of nitrogens with one attached hydrogen (secondary N) is 1. The lowest BCUT2D eigenvalue weighted by Crippen LogP contribution is -2.53. The number of nitrogens with zero attached hydrogens (tertiary/aromatic N) is 1. The Balaban J connectivity index is 2.56. The Labute approximate surface area is 123 Å². The number of imide groups is 1. The number of Topliss-reactive ketones (excluding diaryl/α,β-unsaturated/α-hetero) is 1. The van der Waals surface area contributed by atoms with Crippen molar-refractivity contribution in [2.45, 2.75) is 33.2 Å². The van der Waals surface area contributed by atoms with Crippen LogP contribution in [0.25, 0.3) is 0 Å². The molecule has 0 radical (unpaired) electrons. The van der Waals surface area contributed by atoms with Crippen molar-refractivity contribution in [1.82, 2.24) is 10.2 Å². The summed E-state index contributed by atoms with van der Waals surface area (Å²) < 4.78 is 0. The Morgan fingerprint density at radius 1 is 1.24 bits per heavy atom. The summed E-state index contributed by atoms with van der Waals surface area (Å²) in [6, 6.07) is -1.05. The van der Waals surface area contributed by atoms with Gasteiger partial charge in [-0.25, -0.2) is 0 Å². The van der Waals surface area contributed by atoms with Crippen LogP contribution in [0.1, 0.15) is 27.2 Å². The molecule has 1 rings (SSSR count). The van der Waals surface area contributed by atoms with E-state index in [0.29, 0.717) is 0 Å². The fraction of sp³-hybridized carbons (Fsp3) is 0.571. The predicted octanol–water partition coefficient (Wildman–Crippen LogP) is -0.640. The number of nitrogens with two attached hydrogens (primary N) is 1. The van der Waals surface area contributed by atoms with E-state index in [9.17, 15) is 19.2 Å². The molecule has 0 saturated heterocycles. The van der Waals surface area contributed by atoms with Crippen molar-refractivity contribution in [3.8, 4) is 0 Å². The molecule has 21 heavy (non-hydrogen) atoms. The van der Waals surface area contributed by atoms with E-state index in [0.717, 1.165) is 17.1 Å². The first-order valence-corrected chi connectivity index (χ1v) is 6.74. The molecule has 0 bridgehead atoms. The molecule has 0 aromatic heterocycles. The van der Waals surface area contributed by atoms with Gasteiger partial charge in [0.2, 0.25) is 5.91 Å². The highest BCUT2D eigenvalue weighted by Gasteiger charge is 2.34. The smallest absolute Gasteiger partial charge is 0.254 e. The van der Waals surface area contributed by atoms with Gasteiger partial charge in [-0.3, -0.25) is 24.1 Å². The largest absolute Gasteiger partial charge is 0.354 e. The SMILES string of the molecule is CC(C)(C)C(=O)CCNC(=O)[C@H](CN)N1C(=O)C=CC1=O. The van der Waals surface area contributed by atoms with Crippen LogP contribution in [-0.2, 0) is 19.2 Å². The Morgan fingerprint density at radius 3 is 2.19 bits per heavy atom. The Kier molecular flexibility index (Phi) is 5.37. The summed E-state index contributed by atoms with van der Waals surface area (Å²) in [7, 11) is 0. The van der Waals surface area contributed by atoms with Crippen molar-refractivity contribution in [1.29, 1.82) is 0 Å². The van der Waals surface area contributed by atoms with Crippen LogP contribution in [0.2, 0.25) is 0 Å². The van der Waals surface area contributed by atoms with E-state index < -0.39 is 29.2 Å². The summed E-state index contributed by atoms with van der Waals surface area (Å²) >= 11 is 0. The second-order valence-corrected chi connectivity index (χ2v) is 5.85. The third-order valence-corrected chi connectivity index (χ3v) is 3.17. The molecule has 0 aliphatic carbocycles. The minimum absolute atomic E-state index is 0.0158. The fourth-order valence-corrected chi connectivity index (χ4v) is 1.84. The van der Waals surface area contributed by atoms with Crippen molar-refractivity contribution in [2.24, 2.45) is 11.1 Å². The average Bonchev–Trinajstić information content (AvgIpc) is 2.70. The van der Waals surface area contributed by atoms with Gasteiger partial charge in [-0.05, 0) is 0 Å². The maximum atomic E-state index is 12.0. The van der Waals surface area contributed by atoms with Gasteiger partial charge >= 0.3 is 0 Å². The van der Waals surface area contributed by atoms with Crippen LogP contribution in [0.3, 0.4) is 0 Å². The van der Waals surface area contributed by atoms with Gasteiger partial charge < -0.3 is 11.1 Å². The molecule has 3 amide bonds. The highest BCUT2D eigenvalue weighted by atomic mass is 16.2. The molecule has 116 valence electrons. The fourth-order valence-electron chi connectivity index (χ4n) is 1.84. The zero-order chi connectivity index (χ0) is 16.2. The van der Waals surface area contributed by atoms with Gasteiger partial charge in [-0.2, -0.15) is 0 Å². The van der Waals surface area contributed by atoms with Gasteiger partial charge in [0, 0.05) is 37.1 Å². The first kappa shape index (κ1) is 17.0. The first-order chi connectivity index (χ1) is 9.68. The highest BCUT2D eigenvalue weighted by molar-refractivity contribution is 6.15. The molecule has 7 nitrogen and oxygen atoms in total. The summed E-state index contributed by atoms with van der Waals surface area (Å²) in [5.74, 6) is -1.64. The zero-order valence-electron chi connectivity index (χ0n) is 12.5. The van der Waals surface area contributed by atoms with E-state index in [1.807, 2.05) is 0 Å². The number of hydrogen-bond donors (Lipinski definition) is 2. The van der Waals surface area contributed by atoms with Gasteiger partial charge in [0.05, 0.1) is 0 Å². The Morgan fingerprint density at radius 2 is 1.76 bits per heavy atom. The summed E-state index contributed by atoms with van der Waals surface area (Å²) in [5.41, 5.74) is 5.01. The second-order valence-electron chi connectivity index (χ2n) is 5.85. The normalized spacial score (nSPS) is 16.3. The minimum atomic E-state index is -1.05. The van der Waals surface area contributed by atoms with E-state index in [4.69, 9.17) is 5.73 Å². The molecular formula is C14H21N3O4. The maximum Gasteiger partial charge on any atom is 0.254 e. The minimum Gasteiger partial charge on any atom is -0.354 e. The standard InChI is InChI=1S/C14H21N3O4/c1-14(2,3)10(18)6-7-16-13(21)9(8-15)17-11(19)4-5-12(17)20/h4-5,9H,6-8,15H2,1-3H3,(H,16,21)/t9-/m0/s1. The van der Waals surface area contributed by atoms with E-state index in [1.54, 1.807) is 20.8 Å². The third-order valence-electron chi connectivity index (χ3n) is 3.17. The molecule has 0 spiro atoms. The number of ketones is 1. The van der Waals surface area contributed by atoms with Crippen LogP contribution in [0.4, 0.5) is 0 Å². The topological polar surface area (TPSA) is 110 Å². The van der Waals surface area contributed by atoms with E-state index in [2.05, 4.69) is 5.32 Å². The lowest BCUT2D eigenvalue weighted by atomic mass is 9.89. The average molecular weight is 295 g/mol. The predicted molar refractivity (Wildman–Crippen MR) is 75.9 cm³/mol. The summed E-state index contributed by atoms with van der Waals surface area (Å²) in [6.45, 7) is 5.38. The number of amides is 3. The van der Waals surface area contributed by atoms with Crippen molar-refractivity contribution in [3.05, 3.63) is 12.2 Å². The molecule has 0 aromatic carbocycles. The van der Waals surface area contributed by atoms with Gasteiger partial charge in [0.15, 0.2) is 0 Å². The van der Waals surface area contributed by atoms with Crippen LogP contribution < -0.4 is 11.1 Å². The van der Waals surface area contributed by atoms with Crippen LogP contribution in [-0.4, -0.2) is 47.5 Å². The molecule has 0 fully saturated rings. The molecule has 1 heterocycles. The number of carbonyl (C=O) groups is 4. The van der Waals surface area contributed by atoms with Gasteiger partial charge in [-0.15, -0.1) is 0 Å². The monoisotopic (exact) mass is 295 g/mol. The van der Waals surface area contributed by atoms with Crippen molar-refractivity contribution in [2.75, 3.05) is 13.1 Å². The summed E-state index contributed by atoms with van der Waals surface area (Å²) in [6.07, 6.45) is 2.38. The first-order valence-electron chi connectivity index (χ1n) is 6.74. The van der Waals surface area contributed by atoms with Gasteiger partial charge in [0.1, 0.15) is 11.8 Å². The maximum absolute atomic E-state index is 12.0. The van der Waals surface area contributed by atoms with Crippen molar-refractivity contribution in [3.63, 3.8) is 0 Å². The molecule has 0 saturated carbocycles. The van der Waals surface area contributed by atoms with Gasteiger partial charge in [0.25, 0.3) is 11.8 Å². The molecular weight excluding hydrogens is 274 g/mol. The van der Waals surface area contributed by atoms with Crippen molar-refractivity contribution < 1.29 is 19.2 Å². The van der Waals surface area contributed by atoms with Crippen molar-refractivity contribution >= 4 is 23.5 Å². The molecule has 3 N–H and O–H groups in total. The molecule has 1 atom stereocenters. The number of carbonyl (C=O) groups excluding carboxylic acids is 4. The quantitative estimate of drug-likeness (QED) is 0.633. The van der Waals surface area contributed by atoms with E-state index in [1.165, 1.54) is 0 Å². The van der Waals surface area contributed by atoms with E-state index >= 15 is 0 Å². The molecule has 0 aromatic rings. The second kappa shape index (κ2) is 6.62. The van der Waals surface area contributed by atoms with Crippen LogP contribution >= 0.6 is 0 Å². The summed E-state index contributed by atoms with van der Waals surface area (Å²) in [5, 5.41) is 2.54. The zero-order valence-corrected chi connectivity index (χ0v) is 12.5. The molecule has 7 heteroatoms. The van der Waals surface area contributed by atoms with Crippen LogP contribution in [0.5, 0.6) is 0 Å². The Bertz CT molecular complexity index is 473. The highest BCUT2D eigenvalue weighted by Crippen LogP contribution is 2.16. The molecule has 1 aliphatic rings. The van der Waals surface area contributed by atoms with Crippen LogP contribution in [0.15, 0.2) is 12.2 Å². The van der Waals surface area contributed by atoms with E-state index in [-0.39, 0.29) is 25.3 Å². The van der Waals surface area contributed by atoms with Crippen LogP contribution in [0, 0.1) is 5.41 Å². The molecule has 0 unspecified atom stereocenters. The molecule has 1 aliphatic heterocycles. The lowest BCUT2D eigenvalue weighted by Gasteiger charge is -2.24. The number of rotatable bonds is 6. The summed E-state index contributed by atoms with van der Waals surface area (Å²) in [4.78, 5) is 47.6. The third kappa shape index (κ3) is 4.22. The lowest BCUT2D eigenvalue weighted by molar-refractivity contribution is -0.145. The number of hydrogen-bond acceptors (Lipinski definition) is 5. The Hall–Kier alpha value is -2.02. The van der Waals surface area contributed by atoms with Gasteiger partial charge in [-0.1, -0.05) is 20.8 Å².